The molecule has 1 radical (unpaired) electrons. The van der Waals surface area contributed by atoms with Crippen LogP contribution >= 0.6 is 0 Å². The molecule has 0 atom stereocenters. The molecular formula is C11H15FNO3. The number of rotatable bonds is 9. The minimum absolute atomic E-state index is 0.131. The molecule has 1 rings (SSSR count). The van der Waals surface area contributed by atoms with Crippen LogP contribution in [0.5, 0.6) is 5.75 Å². The summed E-state index contributed by atoms with van der Waals surface area (Å²) in [6.45, 7) is 1.45. The Morgan fingerprint density at radius 3 is 2.56 bits per heavy atom. The molecule has 0 saturated carbocycles. The molecular weight excluding hydrogens is 213 g/mol. The van der Waals surface area contributed by atoms with Crippen molar-refractivity contribution in [1.82, 2.24) is 4.98 Å². The zero-order valence-corrected chi connectivity index (χ0v) is 9.02. The van der Waals surface area contributed by atoms with Crippen molar-refractivity contribution in [3.05, 3.63) is 24.5 Å². The molecule has 0 spiro atoms. The maximum atomic E-state index is 11.6. The fraction of sp³-hybridized carbons (Fsp3) is 0.545. The highest BCUT2D eigenvalue weighted by molar-refractivity contribution is 5.14. The number of pyridine rings is 1. The van der Waals surface area contributed by atoms with Crippen LogP contribution in [-0.2, 0) is 9.47 Å². The van der Waals surface area contributed by atoms with Crippen LogP contribution in [0, 0.1) is 6.20 Å². The van der Waals surface area contributed by atoms with Gasteiger partial charge in [0.25, 0.3) is 0 Å². The van der Waals surface area contributed by atoms with Crippen LogP contribution in [0.25, 0.3) is 0 Å². The molecule has 0 unspecified atom stereocenters. The lowest BCUT2D eigenvalue weighted by Crippen LogP contribution is -2.11. The van der Waals surface area contributed by atoms with Crippen molar-refractivity contribution in [2.75, 3.05) is 39.7 Å². The van der Waals surface area contributed by atoms with Crippen molar-refractivity contribution >= 4 is 0 Å². The number of aromatic nitrogens is 1. The lowest BCUT2D eigenvalue weighted by Gasteiger charge is -2.06. The Hall–Kier alpha value is -1.20. The smallest absolute Gasteiger partial charge is 0.137 e. The first-order valence-electron chi connectivity index (χ1n) is 5.10. The van der Waals surface area contributed by atoms with E-state index in [1.807, 2.05) is 0 Å². The van der Waals surface area contributed by atoms with Gasteiger partial charge < -0.3 is 14.2 Å². The van der Waals surface area contributed by atoms with Gasteiger partial charge in [0, 0.05) is 0 Å². The number of nitrogens with zero attached hydrogens (tertiary/aromatic N) is 1. The van der Waals surface area contributed by atoms with Gasteiger partial charge in [-0.25, -0.2) is 4.39 Å². The second kappa shape index (κ2) is 9.06. The summed E-state index contributed by atoms with van der Waals surface area (Å²) < 4.78 is 27.0. The van der Waals surface area contributed by atoms with E-state index >= 15 is 0 Å². The zero-order valence-electron chi connectivity index (χ0n) is 9.02. The third kappa shape index (κ3) is 6.31. The average molecular weight is 228 g/mol. The Balaban J connectivity index is 1.89. The minimum atomic E-state index is -0.457. The summed E-state index contributed by atoms with van der Waals surface area (Å²) in [5.74, 6) is 0.691. The molecule has 0 saturated heterocycles. The van der Waals surface area contributed by atoms with Crippen LogP contribution in [0.4, 0.5) is 4.39 Å². The molecule has 0 aromatic carbocycles. The van der Waals surface area contributed by atoms with E-state index in [9.17, 15) is 4.39 Å². The quantitative estimate of drug-likeness (QED) is 0.597. The molecule has 1 heterocycles. The van der Waals surface area contributed by atoms with Gasteiger partial charge in [-0.2, -0.15) is 0 Å². The van der Waals surface area contributed by atoms with Crippen LogP contribution in [0.3, 0.4) is 0 Å². The van der Waals surface area contributed by atoms with E-state index in [4.69, 9.17) is 14.2 Å². The predicted octanol–water partition coefficient (Wildman–Crippen LogP) is 1.26. The second-order valence-corrected chi connectivity index (χ2v) is 2.89. The number of alkyl halides is 1. The van der Waals surface area contributed by atoms with E-state index in [1.165, 1.54) is 0 Å². The van der Waals surface area contributed by atoms with Gasteiger partial charge in [-0.05, 0) is 12.1 Å². The van der Waals surface area contributed by atoms with Crippen molar-refractivity contribution in [3.8, 4) is 5.75 Å². The minimum Gasteiger partial charge on any atom is -0.490 e. The molecule has 16 heavy (non-hydrogen) atoms. The van der Waals surface area contributed by atoms with Crippen molar-refractivity contribution in [2.24, 2.45) is 0 Å². The van der Waals surface area contributed by atoms with E-state index in [2.05, 4.69) is 11.2 Å². The summed E-state index contributed by atoms with van der Waals surface area (Å²) >= 11 is 0. The highest BCUT2D eigenvalue weighted by Crippen LogP contribution is 2.04. The predicted molar refractivity (Wildman–Crippen MR) is 56.2 cm³/mol. The third-order valence-electron chi connectivity index (χ3n) is 1.68. The zero-order chi connectivity index (χ0) is 11.5. The highest BCUT2D eigenvalue weighted by Gasteiger charge is 1.93. The summed E-state index contributed by atoms with van der Waals surface area (Å²) in [5.41, 5.74) is 0. The molecule has 0 aliphatic rings. The van der Waals surface area contributed by atoms with E-state index in [0.29, 0.717) is 32.2 Å². The number of hydrogen-bond acceptors (Lipinski definition) is 4. The van der Waals surface area contributed by atoms with Crippen LogP contribution in [0.15, 0.2) is 18.3 Å². The fourth-order valence-corrected chi connectivity index (χ4v) is 0.987. The average Bonchev–Trinajstić information content (AvgIpc) is 2.34. The van der Waals surface area contributed by atoms with Crippen molar-refractivity contribution in [2.45, 2.75) is 0 Å². The van der Waals surface area contributed by atoms with Gasteiger partial charge in [-0.3, -0.25) is 4.98 Å². The Labute approximate surface area is 94.3 Å². The third-order valence-corrected chi connectivity index (χ3v) is 1.68. The SMILES string of the molecule is FCCOCCOCCOc1cc[c]nc1. The largest absolute Gasteiger partial charge is 0.490 e. The molecule has 5 heteroatoms. The molecule has 1 aromatic rings. The molecule has 0 N–H and O–H groups in total. The Morgan fingerprint density at radius 1 is 1.12 bits per heavy atom. The molecule has 4 nitrogen and oxygen atoms in total. The molecule has 0 amide bonds. The number of halogens is 1. The topological polar surface area (TPSA) is 40.6 Å². The van der Waals surface area contributed by atoms with Gasteiger partial charge in [0.15, 0.2) is 0 Å². The molecule has 89 valence electrons. The summed E-state index contributed by atoms with van der Waals surface area (Å²) in [4.78, 5) is 3.79. The summed E-state index contributed by atoms with van der Waals surface area (Å²) in [6.07, 6.45) is 4.24. The van der Waals surface area contributed by atoms with Gasteiger partial charge in [0.2, 0.25) is 0 Å². The molecule has 0 aliphatic heterocycles. The van der Waals surface area contributed by atoms with E-state index in [0.717, 1.165) is 0 Å². The second-order valence-electron chi connectivity index (χ2n) is 2.89. The normalized spacial score (nSPS) is 10.3. The van der Waals surface area contributed by atoms with Gasteiger partial charge in [-0.1, -0.05) is 0 Å². The van der Waals surface area contributed by atoms with E-state index in [-0.39, 0.29) is 6.61 Å². The first-order chi connectivity index (χ1) is 7.93. The van der Waals surface area contributed by atoms with Gasteiger partial charge >= 0.3 is 0 Å². The summed E-state index contributed by atoms with van der Waals surface area (Å²) in [5, 5.41) is 0. The number of hydrogen-bond donors (Lipinski definition) is 0. The fourth-order valence-electron chi connectivity index (χ4n) is 0.987. The molecule has 0 fully saturated rings. The van der Waals surface area contributed by atoms with Crippen LogP contribution < -0.4 is 4.74 Å². The van der Waals surface area contributed by atoms with Crippen LogP contribution in [-0.4, -0.2) is 44.7 Å². The lowest BCUT2D eigenvalue weighted by atomic mass is 10.5. The Kier molecular flexibility index (Phi) is 7.28. The Morgan fingerprint density at radius 2 is 1.88 bits per heavy atom. The van der Waals surface area contributed by atoms with Crippen LogP contribution in [0.2, 0.25) is 0 Å². The molecule has 1 aromatic heterocycles. The standard InChI is InChI=1S/C11H15FNO3/c12-3-5-14-6-7-15-8-9-16-11-2-1-4-13-10-11/h1-2,10H,3,5-9H2. The summed E-state index contributed by atoms with van der Waals surface area (Å²) in [6, 6.07) is 3.46. The van der Waals surface area contributed by atoms with Gasteiger partial charge in [-0.15, -0.1) is 0 Å². The Bertz CT molecular complexity index is 259. The first kappa shape index (κ1) is 12.9. The molecule has 0 bridgehead atoms. The van der Waals surface area contributed by atoms with E-state index < -0.39 is 6.67 Å². The van der Waals surface area contributed by atoms with Crippen molar-refractivity contribution in [1.29, 1.82) is 0 Å². The summed E-state index contributed by atoms with van der Waals surface area (Å²) in [7, 11) is 0. The monoisotopic (exact) mass is 228 g/mol. The maximum absolute atomic E-state index is 11.6. The first-order valence-corrected chi connectivity index (χ1v) is 5.10. The number of ether oxygens (including phenoxy) is 3. The van der Waals surface area contributed by atoms with Crippen molar-refractivity contribution in [3.63, 3.8) is 0 Å². The lowest BCUT2D eigenvalue weighted by molar-refractivity contribution is 0.0325. The van der Waals surface area contributed by atoms with Crippen molar-refractivity contribution < 1.29 is 18.6 Å². The van der Waals surface area contributed by atoms with Gasteiger partial charge in [0.05, 0.1) is 38.8 Å². The van der Waals surface area contributed by atoms with E-state index in [1.54, 1.807) is 18.3 Å². The molecule has 0 aliphatic carbocycles. The maximum Gasteiger partial charge on any atom is 0.137 e. The van der Waals surface area contributed by atoms with Gasteiger partial charge in [0.1, 0.15) is 19.0 Å². The highest BCUT2D eigenvalue weighted by atomic mass is 19.1. The van der Waals surface area contributed by atoms with Crippen LogP contribution in [0.1, 0.15) is 0 Å².